The molecule has 1 aromatic carbocycles. The summed E-state index contributed by atoms with van der Waals surface area (Å²) in [5.41, 5.74) is 1.36. The van der Waals surface area contributed by atoms with Crippen molar-refractivity contribution in [3.63, 3.8) is 0 Å². The van der Waals surface area contributed by atoms with Crippen LogP contribution in [-0.4, -0.2) is 65.4 Å². The Labute approximate surface area is 159 Å². The number of ether oxygens (including phenoxy) is 1. The third-order valence-corrected chi connectivity index (χ3v) is 4.72. The highest BCUT2D eigenvalue weighted by Crippen LogP contribution is 2.11. The van der Waals surface area contributed by atoms with Crippen LogP contribution in [0.5, 0.6) is 0 Å². The SMILES string of the molecule is COCCn1nc(C(=O)N2CCCN(Cc3ccccc3)CC2)ccc1=O. The van der Waals surface area contributed by atoms with E-state index in [1.807, 2.05) is 23.1 Å². The second-order valence-corrected chi connectivity index (χ2v) is 6.68. The fourth-order valence-electron chi connectivity index (χ4n) is 3.24. The van der Waals surface area contributed by atoms with E-state index in [1.165, 1.54) is 22.4 Å². The molecule has 2 aromatic rings. The number of hydrogen-bond acceptors (Lipinski definition) is 5. The molecule has 0 atom stereocenters. The van der Waals surface area contributed by atoms with E-state index in [0.717, 1.165) is 26.1 Å². The Morgan fingerprint density at radius 3 is 2.67 bits per heavy atom. The normalized spacial score (nSPS) is 15.5. The molecule has 3 rings (SSSR count). The molecule has 0 unspecified atom stereocenters. The van der Waals surface area contributed by atoms with Crippen LogP contribution in [0.1, 0.15) is 22.5 Å². The number of benzene rings is 1. The third-order valence-electron chi connectivity index (χ3n) is 4.72. The second-order valence-electron chi connectivity index (χ2n) is 6.68. The lowest BCUT2D eigenvalue weighted by Crippen LogP contribution is -2.37. The van der Waals surface area contributed by atoms with Crippen molar-refractivity contribution in [2.24, 2.45) is 0 Å². The molecule has 0 saturated carbocycles. The highest BCUT2D eigenvalue weighted by atomic mass is 16.5. The maximum atomic E-state index is 12.9. The Morgan fingerprint density at radius 2 is 1.89 bits per heavy atom. The summed E-state index contributed by atoms with van der Waals surface area (Å²) in [5, 5.41) is 4.22. The first-order valence-electron chi connectivity index (χ1n) is 9.30. The number of nitrogens with zero attached hydrogens (tertiary/aromatic N) is 4. The van der Waals surface area contributed by atoms with E-state index in [-0.39, 0.29) is 11.5 Å². The van der Waals surface area contributed by atoms with Crippen LogP contribution in [0.3, 0.4) is 0 Å². The maximum Gasteiger partial charge on any atom is 0.274 e. The summed E-state index contributed by atoms with van der Waals surface area (Å²) < 4.78 is 6.28. The molecule has 0 spiro atoms. The molecule has 7 nitrogen and oxygen atoms in total. The van der Waals surface area contributed by atoms with Gasteiger partial charge in [-0.3, -0.25) is 14.5 Å². The summed E-state index contributed by atoms with van der Waals surface area (Å²) in [4.78, 5) is 28.9. The van der Waals surface area contributed by atoms with Gasteiger partial charge in [-0.2, -0.15) is 5.10 Å². The molecule has 1 aromatic heterocycles. The molecule has 0 aliphatic carbocycles. The highest BCUT2D eigenvalue weighted by Gasteiger charge is 2.22. The summed E-state index contributed by atoms with van der Waals surface area (Å²) in [6.45, 7) is 4.74. The van der Waals surface area contributed by atoms with Crippen LogP contribution in [0.25, 0.3) is 0 Å². The molecule has 1 saturated heterocycles. The van der Waals surface area contributed by atoms with Gasteiger partial charge in [0.2, 0.25) is 0 Å². The van der Waals surface area contributed by atoms with Crippen LogP contribution in [0.2, 0.25) is 0 Å². The van der Waals surface area contributed by atoms with Gasteiger partial charge in [-0.25, -0.2) is 4.68 Å². The molecule has 0 bridgehead atoms. The van der Waals surface area contributed by atoms with Crippen LogP contribution in [0, 0.1) is 0 Å². The predicted molar refractivity (Wildman–Crippen MR) is 103 cm³/mol. The zero-order valence-electron chi connectivity index (χ0n) is 15.7. The lowest BCUT2D eigenvalue weighted by Gasteiger charge is -2.22. The number of methoxy groups -OCH3 is 1. The van der Waals surface area contributed by atoms with Crippen molar-refractivity contribution < 1.29 is 9.53 Å². The average molecular weight is 370 g/mol. The van der Waals surface area contributed by atoms with E-state index in [9.17, 15) is 9.59 Å². The molecule has 1 fully saturated rings. The van der Waals surface area contributed by atoms with Crippen molar-refractivity contribution >= 4 is 5.91 Å². The van der Waals surface area contributed by atoms with Gasteiger partial charge in [-0.05, 0) is 18.1 Å². The Hall–Kier alpha value is -2.51. The topological polar surface area (TPSA) is 67.7 Å². The largest absolute Gasteiger partial charge is 0.383 e. The first-order chi connectivity index (χ1) is 13.2. The van der Waals surface area contributed by atoms with Gasteiger partial charge in [0, 0.05) is 45.9 Å². The minimum atomic E-state index is -0.228. The monoisotopic (exact) mass is 370 g/mol. The lowest BCUT2D eigenvalue weighted by atomic mass is 10.2. The second kappa shape index (κ2) is 9.43. The summed E-state index contributed by atoms with van der Waals surface area (Å²) in [6.07, 6.45) is 0.919. The minimum absolute atomic E-state index is 0.122. The molecular formula is C20H26N4O3. The van der Waals surface area contributed by atoms with Crippen molar-refractivity contribution in [1.82, 2.24) is 19.6 Å². The molecule has 1 aliphatic heterocycles. The van der Waals surface area contributed by atoms with Crippen LogP contribution in [0.4, 0.5) is 0 Å². The summed E-state index contributed by atoms with van der Waals surface area (Å²) in [7, 11) is 1.57. The van der Waals surface area contributed by atoms with Crippen LogP contribution < -0.4 is 5.56 Å². The Balaban J connectivity index is 1.63. The van der Waals surface area contributed by atoms with Crippen LogP contribution in [0.15, 0.2) is 47.3 Å². The van der Waals surface area contributed by atoms with Gasteiger partial charge in [0.05, 0.1) is 13.2 Å². The fraction of sp³-hybridized carbons (Fsp3) is 0.450. The van der Waals surface area contributed by atoms with Crippen molar-refractivity contribution in [2.45, 2.75) is 19.5 Å². The number of amides is 1. The predicted octanol–water partition coefficient (Wildman–Crippen LogP) is 1.24. The summed E-state index contributed by atoms with van der Waals surface area (Å²) in [5.74, 6) is -0.122. The van der Waals surface area contributed by atoms with Gasteiger partial charge in [0.1, 0.15) is 5.69 Å². The number of carbonyl (C=O) groups excluding carboxylic acids is 1. The third kappa shape index (κ3) is 5.24. The van der Waals surface area contributed by atoms with Gasteiger partial charge in [-0.15, -0.1) is 0 Å². The van der Waals surface area contributed by atoms with Crippen molar-refractivity contribution in [3.05, 3.63) is 64.1 Å². The first kappa shape index (κ1) is 19.3. The molecule has 2 heterocycles. The van der Waals surface area contributed by atoms with E-state index in [1.54, 1.807) is 7.11 Å². The maximum absolute atomic E-state index is 12.9. The van der Waals surface area contributed by atoms with E-state index >= 15 is 0 Å². The Bertz CT molecular complexity index is 806. The van der Waals surface area contributed by atoms with Gasteiger partial charge in [-0.1, -0.05) is 30.3 Å². The molecular weight excluding hydrogens is 344 g/mol. The standard InChI is InChI=1S/C20H26N4O3/c1-27-15-14-24-19(25)9-8-18(21-24)20(26)23-11-5-10-22(12-13-23)16-17-6-3-2-4-7-17/h2-4,6-9H,5,10-16H2,1H3. The fourth-order valence-corrected chi connectivity index (χ4v) is 3.24. The smallest absolute Gasteiger partial charge is 0.274 e. The molecule has 27 heavy (non-hydrogen) atoms. The lowest BCUT2D eigenvalue weighted by molar-refractivity contribution is 0.0751. The molecule has 1 aliphatic rings. The zero-order valence-corrected chi connectivity index (χ0v) is 15.7. The summed E-state index contributed by atoms with van der Waals surface area (Å²) in [6, 6.07) is 13.3. The molecule has 144 valence electrons. The average Bonchev–Trinajstić information content (AvgIpc) is 2.93. The van der Waals surface area contributed by atoms with Gasteiger partial charge in [0.25, 0.3) is 11.5 Å². The van der Waals surface area contributed by atoms with Crippen LogP contribution in [-0.2, 0) is 17.8 Å². The molecule has 7 heteroatoms. The number of aromatic nitrogens is 2. The summed E-state index contributed by atoms with van der Waals surface area (Å²) >= 11 is 0. The number of rotatable bonds is 6. The van der Waals surface area contributed by atoms with Gasteiger partial charge >= 0.3 is 0 Å². The Kier molecular flexibility index (Phi) is 6.73. The highest BCUT2D eigenvalue weighted by molar-refractivity contribution is 5.92. The quantitative estimate of drug-likeness (QED) is 0.765. The van der Waals surface area contributed by atoms with E-state index in [0.29, 0.717) is 31.9 Å². The first-order valence-corrected chi connectivity index (χ1v) is 9.30. The van der Waals surface area contributed by atoms with Crippen molar-refractivity contribution in [3.8, 4) is 0 Å². The van der Waals surface area contributed by atoms with Gasteiger partial charge in [0.15, 0.2) is 0 Å². The van der Waals surface area contributed by atoms with Crippen molar-refractivity contribution in [2.75, 3.05) is 39.9 Å². The van der Waals surface area contributed by atoms with E-state index in [4.69, 9.17) is 4.74 Å². The molecule has 0 radical (unpaired) electrons. The molecule has 0 N–H and O–H groups in total. The number of hydrogen-bond donors (Lipinski definition) is 0. The minimum Gasteiger partial charge on any atom is -0.383 e. The Morgan fingerprint density at radius 1 is 1.07 bits per heavy atom. The zero-order chi connectivity index (χ0) is 19.1. The van der Waals surface area contributed by atoms with Gasteiger partial charge < -0.3 is 9.64 Å². The van der Waals surface area contributed by atoms with E-state index in [2.05, 4.69) is 22.1 Å². The van der Waals surface area contributed by atoms with Crippen LogP contribution >= 0.6 is 0 Å². The van der Waals surface area contributed by atoms with E-state index < -0.39 is 0 Å². The number of carbonyl (C=O) groups is 1. The van der Waals surface area contributed by atoms with Crippen molar-refractivity contribution in [1.29, 1.82) is 0 Å². The molecule has 1 amide bonds.